The van der Waals surface area contributed by atoms with E-state index in [9.17, 15) is 0 Å². The van der Waals surface area contributed by atoms with Crippen molar-refractivity contribution in [2.75, 3.05) is 18.4 Å². The molecule has 0 radical (unpaired) electrons. The van der Waals surface area contributed by atoms with Crippen molar-refractivity contribution in [3.63, 3.8) is 0 Å². The summed E-state index contributed by atoms with van der Waals surface area (Å²) in [6.07, 6.45) is 1.13. The fourth-order valence-electron chi connectivity index (χ4n) is 2.97. The number of nitrogens with zero attached hydrogens (tertiary/aromatic N) is 2. The number of amidine groups is 1. The lowest BCUT2D eigenvalue weighted by Gasteiger charge is -2.41. The molecule has 0 saturated heterocycles. The van der Waals surface area contributed by atoms with Crippen LogP contribution < -0.4 is 5.32 Å². The molecule has 20 heavy (non-hydrogen) atoms. The summed E-state index contributed by atoms with van der Waals surface area (Å²) in [5, 5.41) is 3.58. The highest BCUT2D eigenvalue weighted by molar-refractivity contribution is 6.05. The van der Waals surface area contributed by atoms with Gasteiger partial charge in [0.1, 0.15) is 17.4 Å². The van der Waals surface area contributed by atoms with E-state index in [0.717, 1.165) is 42.6 Å². The average Bonchev–Trinajstić information content (AvgIpc) is 2.93. The number of fused-ring (bicyclic) bond motifs is 3. The molecule has 2 aliphatic heterocycles. The van der Waals surface area contributed by atoms with Crippen molar-refractivity contribution >= 4 is 11.5 Å². The van der Waals surface area contributed by atoms with Crippen LogP contribution in [0.2, 0.25) is 0 Å². The summed E-state index contributed by atoms with van der Waals surface area (Å²) in [7, 11) is 0. The van der Waals surface area contributed by atoms with Crippen LogP contribution in [0.1, 0.15) is 29.7 Å². The Kier molecular flexibility index (Phi) is 2.55. The standard InChI is InChI=1S/C16H17N3O/c1-11-7-8-14(20-11)16-18-13-6-3-2-5-12(13)15-17-9-4-10-19(15)16/h2-3,5-8,16,18H,4,9-10H2,1H3/t16-/m0/s1. The van der Waals surface area contributed by atoms with E-state index in [0.29, 0.717) is 0 Å². The molecular weight excluding hydrogens is 250 g/mol. The van der Waals surface area contributed by atoms with Crippen LogP contribution in [0.4, 0.5) is 5.69 Å². The predicted molar refractivity (Wildman–Crippen MR) is 79.0 cm³/mol. The van der Waals surface area contributed by atoms with Gasteiger partial charge in [-0.3, -0.25) is 4.99 Å². The van der Waals surface area contributed by atoms with E-state index < -0.39 is 0 Å². The number of aliphatic imine (C=N–C) groups is 1. The van der Waals surface area contributed by atoms with E-state index in [4.69, 9.17) is 9.41 Å². The zero-order valence-corrected chi connectivity index (χ0v) is 11.5. The molecule has 0 amide bonds. The second-order valence-electron chi connectivity index (χ2n) is 5.29. The Balaban J connectivity index is 1.83. The maximum absolute atomic E-state index is 5.83. The molecule has 0 spiro atoms. The van der Waals surface area contributed by atoms with Gasteiger partial charge < -0.3 is 14.6 Å². The third-order valence-corrected chi connectivity index (χ3v) is 3.89. The fourth-order valence-corrected chi connectivity index (χ4v) is 2.97. The van der Waals surface area contributed by atoms with Gasteiger partial charge in [-0.1, -0.05) is 12.1 Å². The molecule has 4 rings (SSSR count). The number of furan rings is 1. The van der Waals surface area contributed by atoms with Gasteiger partial charge in [-0.2, -0.15) is 0 Å². The van der Waals surface area contributed by atoms with Crippen LogP contribution in [0.25, 0.3) is 0 Å². The first-order valence-electron chi connectivity index (χ1n) is 7.06. The minimum Gasteiger partial charge on any atom is -0.462 e. The Labute approximate surface area is 118 Å². The molecule has 4 nitrogen and oxygen atoms in total. The summed E-state index contributed by atoms with van der Waals surface area (Å²) in [4.78, 5) is 7.05. The molecule has 1 N–H and O–H groups in total. The lowest BCUT2D eigenvalue weighted by atomic mass is 10.0. The van der Waals surface area contributed by atoms with Gasteiger partial charge >= 0.3 is 0 Å². The van der Waals surface area contributed by atoms with Crippen LogP contribution in [0.5, 0.6) is 0 Å². The quantitative estimate of drug-likeness (QED) is 0.862. The summed E-state index contributed by atoms with van der Waals surface area (Å²) in [5.74, 6) is 2.98. The van der Waals surface area contributed by atoms with Crippen molar-refractivity contribution in [2.24, 2.45) is 4.99 Å². The van der Waals surface area contributed by atoms with Crippen molar-refractivity contribution in [3.8, 4) is 0 Å². The number of anilines is 1. The highest BCUT2D eigenvalue weighted by Crippen LogP contribution is 2.35. The molecule has 102 valence electrons. The van der Waals surface area contributed by atoms with Crippen molar-refractivity contribution in [2.45, 2.75) is 19.5 Å². The highest BCUT2D eigenvalue weighted by atomic mass is 16.3. The molecule has 0 saturated carbocycles. The number of benzene rings is 1. The predicted octanol–water partition coefficient (Wildman–Crippen LogP) is 3.16. The second-order valence-corrected chi connectivity index (χ2v) is 5.29. The van der Waals surface area contributed by atoms with Crippen molar-refractivity contribution < 1.29 is 4.42 Å². The number of hydrogen-bond acceptors (Lipinski definition) is 4. The van der Waals surface area contributed by atoms with Gasteiger partial charge in [0.15, 0.2) is 6.17 Å². The van der Waals surface area contributed by atoms with Crippen LogP contribution >= 0.6 is 0 Å². The van der Waals surface area contributed by atoms with Crippen molar-refractivity contribution in [1.29, 1.82) is 0 Å². The molecule has 2 aromatic rings. The van der Waals surface area contributed by atoms with Crippen LogP contribution in [0.15, 0.2) is 45.8 Å². The van der Waals surface area contributed by atoms with Gasteiger partial charge in [0.05, 0.1) is 0 Å². The average molecular weight is 267 g/mol. The fraction of sp³-hybridized carbons (Fsp3) is 0.312. The first-order valence-corrected chi connectivity index (χ1v) is 7.06. The smallest absolute Gasteiger partial charge is 0.160 e. The molecule has 1 aromatic carbocycles. The zero-order chi connectivity index (χ0) is 13.5. The first-order chi connectivity index (χ1) is 9.83. The summed E-state index contributed by atoms with van der Waals surface area (Å²) >= 11 is 0. The SMILES string of the molecule is Cc1ccc([C@H]2Nc3ccccc3C3=NCCCN32)o1. The van der Waals surface area contributed by atoms with Gasteiger partial charge in [-0.25, -0.2) is 0 Å². The van der Waals surface area contributed by atoms with Gasteiger partial charge in [-0.15, -0.1) is 0 Å². The molecular formula is C16H17N3O. The number of nitrogens with one attached hydrogen (secondary N) is 1. The maximum Gasteiger partial charge on any atom is 0.160 e. The minimum absolute atomic E-state index is 0.0395. The first kappa shape index (κ1) is 11.6. The van der Waals surface area contributed by atoms with Gasteiger partial charge in [0.2, 0.25) is 0 Å². The molecule has 0 aliphatic carbocycles. The molecule has 1 aromatic heterocycles. The van der Waals surface area contributed by atoms with Crippen LogP contribution in [-0.4, -0.2) is 23.8 Å². The molecule has 2 aliphatic rings. The Morgan fingerprint density at radius 1 is 1.25 bits per heavy atom. The third kappa shape index (κ3) is 1.72. The number of para-hydroxylation sites is 1. The van der Waals surface area contributed by atoms with E-state index in [-0.39, 0.29) is 6.17 Å². The maximum atomic E-state index is 5.83. The Hall–Kier alpha value is -2.23. The number of rotatable bonds is 1. The van der Waals surface area contributed by atoms with Gasteiger partial charge in [-0.05, 0) is 37.6 Å². The topological polar surface area (TPSA) is 40.8 Å². The summed E-state index contributed by atoms with van der Waals surface area (Å²) in [6.45, 7) is 3.89. The monoisotopic (exact) mass is 267 g/mol. The second kappa shape index (κ2) is 4.40. The highest BCUT2D eigenvalue weighted by Gasteiger charge is 2.33. The lowest BCUT2D eigenvalue weighted by Crippen LogP contribution is -2.45. The molecule has 0 unspecified atom stereocenters. The third-order valence-electron chi connectivity index (χ3n) is 3.89. The largest absolute Gasteiger partial charge is 0.462 e. The van der Waals surface area contributed by atoms with Crippen LogP contribution in [-0.2, 0) is 0 Å². The number of hydrogen-bond donors (Lipinski definition) is 1. The summed E-state index contributed by atoms with van der Waals surface area (Å²) < 4.78 is 5.83. The van der Waals surface area contributed by atoms with E-state index >= 15 is 0 Å². The number of aryl methyl sites for hydroxylation is 1. The molecule has 4 heteroatoms. The summed E-state index contributed by atoms with van der Waals surface area (Å²) in [5.41, 5.74) is 2.31. The normalized spacial score (nSPS) is 20.8. The van der Waals surface area contributed by atoms with E-state index in [1.165, 1.54) is 5.56 Å². The van der Waals surface area contributed by atoms with E-state index in [1.807, 2.05) is 19.1 Å². The van der Waals surface area contributed by atoms with Gasteiger partial charge in [0.25, 0.3) is 0 Å². The van der Waals surface area contributed by atoms with E-state index in [2.05, 4.69) is 34.5 Å². The minimum atomic E-state index is 0.0395. The van der Waals surface area contributed by atoms with Crippen molar-refractivity contribution in [3.05, 3.63) is 53.5 Å². The Morgan fingerprint density at radius 3 is 3.00 bits per heavy atom. The molecule has 3 heterocycles. The zero-order valence-electron chi connectivity index (χ0n) is 11.5. The Bertz CT molecular complexity index is 674. The van der Waals surface area contributed by atoms with E-state index in [1.54, 1.807) is 0 Å². The molecule has 0 fully saturated rings. The summed E-state index contributed by atoms with van der Waals surface area (Å²) in [6, 6.07) is 12.4. The molecule has 0 bridgehead atoms. The lowest BCUT2D eigenvalue weighted by molar-refractivity contribution is 0.280. The van der Waals surface area contributed by atoms with Crippen LogP contribution in [0, 0.1) is 6.92 Å². The Morgan fingerprint density at radius 2 is 2.15 bits per heavy atom. The molecule has 1 atom stereocenters. The van der Waals surface area contributed by atoms with Crippen molar-refractivity contribution in [1.82, 2.24) is 4.90 Å². The van der Waals surface area contributed by atoms with Crippen LogP contribution in [0.3, 0.4) is 0 Å². The van der Waals surface area contributed by atoms with Gasteiger partial charge in [0, 0.05) is 24.3 Å².